The molecule has 4 rings (SSSR count). The maximum Gasteiger partial charge on any atom is 0.229 e. The molecule has 0 bridgehead atoms. The third-order valence-electron chi connectivity index (χ3n) is 5.10. The van der Waals surface area contributed by atoms with Crippen LogP contribution in [0.2, 0.25) is 0 Å². The highest BCUT2D eigenvalue weighted by Crippen LogP contribution is 2.39. The summed E-state index contributed by atoms with van der Waals surface area (Å²) in [5, 5.41) is 15.6. The summed E-state index contributed by atoms with van der Waals surface area (Å²) >= 11 is 1.58. The normalized spacial score (nSPS) is 16.1. The molecular formula is C22H20N2OS. The highest BCUT2D eigenvalue weighted by atomic mass is 32.1. The number of hydrogen-bond acceptors (Lipinski definition) is 3. The molecular weight excluding hydrogens is 340 g/mol. The Bertz CT molecular complexity index is 1020. The number of carbonyl (C=O) groups is 1. The summed E-state index contributed by atoms with van der Waals surface area (Å²) in [6.45, 7) is 2.22. The quantitative estimate of drug-likeness (QED) is 0.708. The number of fused-ring (bicyclic) bond motifs is 2. The second-order valence-electron chi connectivity index (χ2n) is 7.03. The molecule has 1 N–H and O–H groups in total. The summed E-state index contributed by atoms with van der Waals surface area (Å²) < 4.78 is 0. The molecule has 1 amide bonds. The minimum atomic E-state index is -0.0653. The number of anilines is 1. The number of aryl methyl sites for hydroxylation is 1. The maximum atomic E-state index is 12.7. The number of thiophene rings is 1. The van der Waals surface area contributed by atoms with Gasteiger partial charge in [0.05, 0.1) is 12.0 Å². The second-order valence-corrected chi connectivity index (χ2v) is 8.14. The molecule has 0 saturated heterocycles. The number of hydrogen-bond donors (Lipinski definition) is 1. The lowest BCUT2D eigenvalue weighted by Gasteiger charge is -2.17. The molecule has 4 heteroatoms. The van der Waals surface area contributed by atoms with E-state index in [0.717, 1.165) is 46.2 Å². The number of amides is 1. The molecule has 1 aliphatic carbocycles. The molecule has 130 valence electrons. The van der Waals surface area contributed by atoms with Crippen LogP contribution in [0.25, 0.3) is 10.8 Å². The van der Waals surface area contributed by atoms with Gasteiger partial charge >= 0.3 is 0 Å². The van der Waals surface area contributed by atoms with E-state index in [0.29, 0.717) is 17.9 Å². The Morgan fingerprint density at radius 1 is 1.27 bits per heavy atom. The number of carbonyl (C=O) groups excluding carboxylic acids is 1. The van der Waals surface area contributed by atoms with Gasteiger partial charge in [0.1, 0.15) is 11.1 Å². The van der Waals surface area contributed by atoms with Crippen LogP contribution in [0.5, 0.6) is 0 Å². The van der Waals surface area contributed by atoms with Gasteiger partial charge in [0.25, 0.3) is 0 Å². The van der Waals surface area contributed by atoms with Crippen LogP contribution in [-0.4, -0.2) is 5.91 Å². The van der Waals surface area contributed by atoms with Crippen molar-refractivity contribution >= 4 is 33.0 Å². The van der Waals surface area contributed by atoms with Gasteiger partial charge in [0, 0.05) is 4.88 Å². The number of nitrogens with one attached hydrogen (secondary N) is 1. The SMILES string of the molecule is C[C@H]1CCc2sc(NC(=O)Cc3cccc4ccccc34)c(C#N)c2C1. The Balaban J connectivity index is 1.58. The van der Waals surface area contributed by atoms with Gasteiger partial charge in [-0.15, -0.1) is 11.3 Å². The van der Waals surface area contributed by atoms with Crippen molar-refractivity contribution in [2.75, 3.05) is 5.32 Å². The van der Waals surface area contributed by atoms with Crippen molar-refractivity contribution < 1.29 is 4.79 Å². The summed E-state index contributed by atoms with van der Waals surface area (Å²) in [6, 6.07) is 16.4. The fourth-order valence-corrected chi connectivity index (χ4v) is 4.97. The van der Waals surface area contributed by atoms with Gasteiger partial charge in [-0.2, -0.15) is 5.26 Å². The van der Waals surface area contributed by atoms with Gasteiger partial charge in [-0.25, -0.2) is 0 Å². The van der Waals surface area contributed by atoms with Crippen LogP contribution >= 0.6 is 11.3 Å². The zero-order valence-electron chi connectivity index (χ0n) is 14.7. The lowest BCUT2D eigenvalue weighted by molar-refractivity contribution is -0.115. The highest BCUT2D eigenvalue weighted by molar-refractivity contribution is 7.16. The molecule has 3 aromatic rings. The van der Waals surface area contributed by atoms with E-state index in [1.54, 1.807) is 11.3 Å². The number of nitrogens with zero attached hydrogens (tertiary/aromatic N) is 1. The Morgan fingerprint density at radius 2 is 2.08 bits per heavy atom. The van der Waals surface area contributed by atoms with Crippen molar-refractivity contribution in [3.05, 3.63) is 64.0 Å². The van der Waals surface area contributed by atoms with Crippen LogP contribution in [0.3, 0.4) is 0 Å². The van der Waals surface area contributed by atoms with Crippen molar-refractivity contribution in [3.63, 3.8) is 0 Å². The Morgan fingerprint density at radius 3 is 2.92 bits per heavy atom. The van der Waals surface area contributed by atoms with E-state index in [1.807, 2.05) is 30.3 Å². The highest BCUT2D eigenvalue weighted by Gasteiger charge is 2.24. The molecule has 0 saturated carbocycles. The summed E-state index contributed by atoms with van der Waals surface area (Å²) in [4.78, 5) is 13.9. The Hall–Kier alpha value is -2.64. The van der Waals surface area contributed by atoms with E-state index < -0.39 is 0 Å². The van der Waals surface area contributed by atoms with E-state index in [4.69, 9.17) is 0 Å². The second kappa shape index (κ2) is 6.93. The first-order valence-electron chi connectivity index (χ1n) is 8.97. The smallest absolute Gasteiger partial charge is 0.229 e. The first-order valence-corrected chi connectivity index (χ1v) is 9.78. The molecule has 1 heterocycles. The molecule has 26 heavy (non-hydrogen) atoms. The van der Waals surface area contributed by atoms with E-state index >= 15 is 0 Å². The summed E-state index contributed by atoms with van der Waals surface area (Å²) in [7, 11) is 0. The number of rotatable bonds is 3. The summed E-state index contributed by atoms with van der Waals surface area (Å²) in [5.41, 5.74) is 2.83. The van der Waals surface area contributed by atoms with Gasteiger partial charge in [-0.05, 0) is 47.1 Å². The van der Waals surface area contributed by atoms with Crippen LogP contribution in [-0.2, 0) is 24.1 Å². The molecule has 0 fully saturated rings. The Labute approximate surface area is 157 Å². The molecule has 1 aromatic heterocycles. The average molecular weight is 360 g/mol. The van der Waals surface area contributed by atoms with Crippen molar-refractivity contribution in [2.24, 2.45) is 5.92 Å². The predicted molar refractivity (Wildman–Crippen MR) is 107 cm³/mol. The molecule has 1 aliphatic rings. The first-order chi connectivity index (χ1) is 12.7. The molecule has 1 atom stereocenters. The minimum Gasteiger partial charge on any atom is -0.316 e. The Kier molecular flexibility index (Phi) is 4.48. The van der Waals surface area contributed by atoms with Gasteiger partial charge in [0.2, 0.25) is 5.91 Å². The largest absolute Gasteiger partial charge is 0.316 e. The van der Waals surface area contributed by atoms with E-state index in [-0.39, 0.29) is 5.91 Å². The fraction of sp³-hybridized carbons (Fsp3) is 0.273. The third-order valence-corrected chi connectivity index (χ3v) is 6.31. The third kappa shape index (κ3) is 3.11. The number of benzene rings is 2. The summed E-state index contributed by atoms with van der Waals surface area (Å²) in [6.07, 6.45) is 3.41. The van der Waals surface area contributed by atoms with Crippen LogP contribution in [0.15, 0.2) is 42.5 Å². The van der Waals surface area contributed by atoms with Gasteiger partial charge in [-0.1, -0.05) is 49.4 Å². The standard InChI is InChI=1S/C22H20N2OS/c1-14-9-10-20-18(11-14)19(13-23)22(26-20)24-21(25)12-16-7-4-6-15-5-2-3-8-17(15)16/h2-8,14H,9-12H2,1H3,(H,24,25)/t14-/m0/s1. The van der Waals surface area contributed by atoms with Crippen LogP contribution in [0.4, 0.5) is 5.00 Å². The molecule has 0 spiro atoms. The van der Waals surface area contributed by atoms with E-state index in [1.165, 1.54) is 4.88 Å². The monoisotopic (exact) mass is 360 g/mol. The maximum absolute atomic E-state index is 12.7. The van der Waals surface area contributed by atoms with Gasteiger partial charge in [-0.3, -0.25) is 4.79 Å². The zero-order chi connectivity index (χ0) is 18.1. The fourth-order valence-electron chi connectivity index (χ4n) is 3.75. The molecule has 0 aliphatic heterocycles. The average Bonchev–Trinajstić information content (AvgIpc) is 2.98. The van der Waals surface area contributed by atoms with Crippen molar-refractivity contribution in [1.29, 1.82) is 5.26 Å². The van der Waals surface area contributed by atoms with Crippen molar-refractivity contribution in [2.45, 2.75) is 32.6 Å². The predicted octanol–water partition coefficient (Wildman–Crippen LogP) is 5.08. The van der Waals surface area contributed by atoms with Crippen LogP contribution < -0.4 is 5.32 Å². The van der Waals surface area contributed by atoms with Crippen LogP contribution in [0, 0.1) is 17.2 Å². The zero-order valence-corrected chi connectivity index (χ0v) is 15.5. The molecule has 0 unspecified atom stereocenters. The lowest BCUT2D eigenvalue weighted by atomic mass is 9.88. The van der Waals surface area contributed by atoms with E-state index in [9.17, 15) is 10.1 Å². The topological polar surface area (TPSA) is 52.9 Å². The van der Waals surface area contributed by atoms with Gasteiger partial charge in [0.15, 0.2) is 0 Å². The molecule has 3 nitrogen and oxygen atoms in total. The van der Waals surface area contributed by atoms with Crippen LogP contribution in [0.1, 0.15) is 34.9 Å². The van der Waals surface area contributed by atoms with Crippen molar-refractivity contribution in [1.82, 2.24) is 0 Å². The molecule has 0 radical (unpaired) electrons. The minimum absolute atomic E-state index is 0.0653. The lowest BCUT2D eigenvalue weighted by Crippen LogP contribution is -2.14. The van der Waals surface area contributed by atoms with Crippen molar-refractivity contribution in [3.8, 4) is 6.07 Å². The van der Waals surface area contributed by atoms with Gasteiger partial charge < -0.3 is 5.32 Å². The summed E-state index contributed by atoms with van der Waals surface area (Å²) in [5.74, 6) is 0.535. The van der Waals surface area contributed by atoms with E-state index in [2.05, 4.69) is 30.4 Å². The number of nitriles is 1. The molecule has 2 aromatic carbocycles. The first kappa shape index (κ1) is 16.8.